The van der Waals surface area contributed by atoms with Gasteiger partial charge in [-0.15, -0.1) is 0 Å². The number of rotatable bonds is 11. The molecule has 0 aliphatic heterocycles. The van der Waals surface area contributed by atoms with Gasteiger partial charge in [0.25, 0.3) is 0 Å². The van der Waals surface area contributed by atoms with Gasteiger partial charge < -0.3 is 9.84 Å². The van der Waals surface area contributed by atoms with E-state index in [4.69, 9.17) is 4.74 Å². The summed E-state index contributed by atoms with van der Waals surface area (Å²) in [5.41, 5.74) is 8.66. The SMILES string of the molecule is CCCCc1c(OC(=O)O)cc(-c2cccc(C)c2C)c(CCCC)c1CCCC. The minimum absolute atomic E-state index is 0.526. The molecule has 0 saturated carbocycles. The number of ether oxygens (including phenoxy) is 1. The van der Waals surface area contributed by atoms with Gasteiger partial charge in [-0.2, -0.15) is 0 Å². The highest BCUT2D eigenvalue weighted by atomic mass is 16.7. The Bertz CT molecular complexity index is 852. The van der Waals surface area contributed by atoms with E-state index in [9.17, 15) is 9.90 Å². The standard InChI is InChI=1S/C27H38O3/c1-6-9-14-22-23(15-10-7-2)25(21-17-12-13-19(4)20(21)5)18-26(30-27(28)29)24(22)16-11-8-3/h12-13,17-18H,6-11,14-16H2,1-5H3,(H,28,29). The summed E-state index contributed by atoms with van der Waals surface area (Å²) in [7, 11) is 0. The second kappa shape index (κ2) is 11.8. The molecule has 0 aliphatic rings. The Morgan fingerprint density at radius 2 is 1.40 bits per heavy atom. The fraction of sp³-hybridized carbons (Fsp3) is 0.519. The third-order valence-corrected chi connectivity index (χ3v) is 6.06. The third-order valence-electron chi connectivity index (χ3n) is 6.06. The number of hydrogen-bond donors (Lipinski definition) is 1. The number of unbranched alkanes of at least 4 members (excludes halogenated alkanes) is 3. The van der Waals surface area contributed by atoms with Gasteiger partial charge in [0.1, 0.15) is 5.75 Å². The molecule has 0 fully saturated rings. The van der Waals surface area contributed by atoms with Crippen LogP contribution in [0.2, 0.25) is 0 Å². The lowest BCUT2D eigenvalue weighted by molar-refractivity contribution is 0.144. The highest BCUT2D eigenvalue weighted by molar-refractivity contribution is 5.77. The monoisotopic (exact) mass is 410 g/mol. The Kier molecular flexibility index (Phi) is 9.42. The quantitative estimate of drug-likeness (QED) is 0.301. The van der Waals surface area contributed by atoms with Crippen LogP contribution < -0.4 is 4.74 Å². The van der Waals surface area contributed by atoms with E-state index in [1.54, 1.807) is 0 Å². The molecule has 3 nitrogen and oxygen atoms in total. The molecule has 1 N–H and O–H groups in total. The Hall–Kier alpha value is -2.29. The zero-order chi connectivity index (χ0) is 22.1. The molecular weight excluding hydrogens is 372 g/mol. The van der Waals surface area contributed by atoms with Gasteiger partial charge in [0, 0.05) is 0 Å². The molecule has 0 heterocycles. The molecule has 30 heavy (non-hydrogen) atoms. The van der Waals surface area contributed by atoms with E-state index in [2.05, 4.69) is 52.8 Å². The van der Waals surface area contributed by atoms with Gasteiger partial charge in [0.15, 0.2) is 0 Å². The Balaban J connectivity index is 2.82. The summed E-state index contributed by atoms with van der Waals surface area (Å²) in [6.45, 7) is 10.9. The van der Waals surface area contributed by atoms with Crippen molar-refractivity contribution in [2.75, 3.05) is 0 Å². The molecule has 0 bridgehead atoms. The second-order valence-electron chi connectivity index (χ2n) is 8.28. The molecule has 2 aromatic carbocycles. The predicted octanol–water partition coefficient (Wildman–Crippen LogP) is 8.06. The van der Waals surface area contributed by atoms with E-state index in [-0.39, 0.29) is 0 Å². The summed E-state index contributed by atoms with van der Waals surface area (Å²) >= 11 is 0. The molecule has 3 heteroatoms. The maximum absolute atomic E-state index is 11.5. The normalized spacial score (nSPS) is 11.0. The maximum atomic E-state index is 11.5. The van der Waals surface area contributed by atoms with Crippen LogP contribution in [-0.4, -0.2) is 11.3 Å². The van der Waals surface area contributed by atoms with Crippen molar-refractivity contribution in [3.05, 3.63) is 52.1 Å². The molecule has 0 radical (unpaired) electrons. The van der Waals surface area contributed by atoms with Crippen molar-refractivity contribution in [2.24, 2.45) is 0 Å². The number of hydrogen-bond acceptors (Lipinski definition) is 2. The zero-order valence-electron chi connectivity index (χ0n) is 19.4. The molecule has 0 aromatic heterocycles. The first-order valence-corrected chi connectivity index (χ1v) is 11.6. The summed E-state index contributed by atoms with van der Waals surface area (Å²) in [4.78, 5) is 11.5. The van der Waals surface area contributed by atoms with Crippen molar-refractivity contribution in [1.82, 2.24) is 0 Å². The Labute approximate surface area is 182 Å². The minimum atomic E-state index is -1.23. The van der Waals surface area contributed by atoms with Crippen molar-refractivity contribution in [1.29, 1.82) is 0 Å². The first-order valence-electron chi connectivity index (χ1n) is 11.6. The van der Waals surface area contributed by atoms with Crippen LogP contribution >= 0.6 is 0 Å². The van der Waals surface area contributed by atoms with Crippen LogP contribution in [0.4, 0.5) is 4.79 Å². The van der Waals surface area contributed by atoms with E-state index in [1.165, 1.54) is 27.8 Å². The number of carboxylic acid groups (broad SMARTS) is 1. The van der Waals surface area contributed by atoms with Gasteiger partial charge in [0.2, 0.25) is 0 Å². The van der Waals surface area contributed by atoms with Gasteiger partial charge in [-0.1, -0.05) is 58.2 Å². The van der Waals surface area contributed by atoms with Crippen LogP contribution in [0.5, 0.6) is 5.75 Å². The molecule has 164 valence electrons. The highest BCUT2D eigenvalue weighted by Crippen LogP contribution is 2.39. The van der Waals surface area contributed by atoms with Gasteiger partial charge in [-0.05, 0) is 97.4 Å². The van der Waals surface area contributed by atoms with Crippen molar-refractivity contribution >= 4 is 6.16 Å². The Morgan fingerprint density at radius 1 is 0.833 bits per heavy atom. The lowest BCUT2D eigenvalue weighted by atomic mass is 9.83. The van der Waals surface area contributed by atoms with Crippen molar-refractivity contribution in [3.8, 4) is 16.9 Å². The van der Waals surface area contributed by atoms with E-state index >= 15 is 0 Å². The molecule has 0 aliphatic carbocycles. The molecule has 0 unspecified atom stereocenters. The number of carbonyl (C=O) groups is 1. The molecule has 0 amide bonds. The lowest BCUT2D eigenvalue weighted by Gasteiger charge is -2.23. The average molecular weight is 411 g/mol. The number of aryl methyl sites for hydroxylation is 1. The highest BCUT2D eigenvalue weighted by Gasteiger charge is 2.21. The zero-order valence-corrected chi connectivity index (χ0v) is 19.4. The maximum Gasteiger partial charge on any atom is 0.511 e. The molecule has 2 aromatic rings. The predicted molar refractivity (Wildman–Crippen MR) is 126 cm³/mol. The fourth-order valence-electron chi connectivity index (χ4n) is 4.19. The summed E-state index contributed by atoms with van der Waals surface area (Å²) in [6, 6.07) is 8.39. The lowest BCUT2D eigenvalue weighted by Crippen LogP contribution is -2.11. The van der Waals surface area contributed by atoms with Gasteiger partial charge in [-0.25, -0.2) is 4.79 Å². The molecule has 0 atom stereocenters. The summed E-state index contributed by atoms with van der Waals surface area (Å²) in [5.74, 6) is 0.526. The average Bonchev–Trinajstić information content (AvgIpc) is 2.71. The second-order valence-corrected chi connectivity index (χ2v) is 8.28. The van der Waals surface area contributed by atoms with Crippen LogP contribution in [0, 0.1) is 13.8 Å². The van der Waals surface area contributed by atoms with E-state index < -0.39 is 6.16 Å². The van der Waals surface area contributed by atoms with Crippen LogP contribution in [-0.2, 0) is 19.3 Å². The first-order chi connectivity index (χ1) is 14.4. The molecule has 0 spiro atoms. The van der Waals surface area contributed by atoms with Gasteiger partial charge >= 0.3 is 6.16 Å². The topological polar surface area (TPSA) is 46.5 Å². The van der Waals surface area contributed by atoms with E-state index in [0.29, 0.717) is 5.75 Å². The third kappa shape index (κ3) is 5.87. The van der Waals surface area contributed by atoms with Crippen molar-refractivity contribution in [2.45, 2.75) is 92.4 Å². The fourth-order valence-corrected chi connectivity index (χ4v) is 4.19. The van der Waals surface area contributed by atoms with Gasteiger partial charge in [-0.3, -0.25) is 0 Å². The van der Waals surface area contributed by atoms with Crippen LogP contribution in [0.1, 0.15) is 87.1 Å². The molecule has 2 rings (SSSR count). The summed E-state index contributed by atoms with van der Waals surface area (Å²) in [5, 5.41) is 9.43. The van der Waals surface area contributed by atoms with E-state index in [0.717, 1.165) is 68.9 Å². The van der Waals surface area contributed by atoms with Crippen molar-refractivity contribution < 1.29 is 14.6 Å². The van der Waals surface area contributed by atoms with Crippen LogP contribution in [0.15, 0.2) is 24.3 Å². The molecular formula is C27H38O3. The van der Waals surface area contributed by atoms with Gasteiger partial charge in [0.05, 0.1) is 0 Å². The Morgan fingerprint density at radius 3 is 1.97 bits per heavy atom. The minimum Gasteiger partial charge on any atom is -0.449 e. The first kappa shape index (κ1) is 24.0. The smallest absolute Gasteiger partial charge is 0.449 e. The molecule has 0 saturated heterocycles. The summed E-state index contributed by atoms with van der Waals surface area (Å²) in [6.07, 6.45) is 8.21. The summed E-state index contributed by atoms with van der Waals surface area (Å²) < 4.78 is 5.37. The van der Waals surface area contributed by atoms with Crippen LogP contribution in [0.25, 0.3) is 11.1 Å². The van der Waals surface area contributed by atoms with Crippen molar-refractivity contribution in [3.63, 3.8) is 0 Å². The largest absolute Gasteiger partial charge is 0.511 e. The van der Waals surface area contributed by atoms with Crippen LogP contribution in [0.3, 0.4) is 0 Å². The number of benzene rings is 2. The van der Waals surface area contributed by atoms with E-state index in [1.807, 2.05) is 6.07 Å².